The Morgan fingerprint density at radius 2 is 1.82 bits per heavy atom. The van der Waals surface area contributed by atoms with E-state index in [0.29, 0.717) is 4.31 Å². The molecular weight excluding hydrogens is 412 g/mol. The largest absolute Gasteiger partial charge is 0.495 e. The summed E-state index contributed by atoms with van der Waals surface area (Å²) >= 11 is 0. The molecule has 1 saturated heterocycles. The van der Waals surface area contributed by atoms with Gasteiger partial charge in [-0.3, -0.25) is 4.79 Å². The van der Waals surface area contributed by atoms with Crippen LogP contribution in [0, 0.1) is 5.41 Å². The Morgan fingerprint density at radius 1 is 1.21 bits per heavy atom. The van der Waals surface area contributed by atoms with Crippen molar-refractivity contribution >= 4 is 31.6 Å². The standard InChI is InChI=1S/C16H24N2O8S2/c1-16(2)10-27(20,21)18(15(16)19)11-6-7-12(24-3)13(8-11)28(22,23)17-9-14(25-4)26-5/h6-8,14,17H,9-10H2,1-5H3. The molecular formula is C16H24N2O8S2. The van der Waals surface area contributed by atoms with Crippen LogP contribution in [0.4, 0.5) is 5.69 Å². The van der Waals surface area contributed by atoms with Crippen LogP contribution in [-0.2, 0) is 34.3 Å². The summed E-state index contributed by atoms with van der Waals surface area (Å²) in [4.78, 5) is 12.3. The van der Waals surface area contributed by atoms with Crippen LogP contribution in [0.25, 0.3) is 0 Å². The minimum atomic E-state index is -4.12. The highest BCUT2D eigenvalue weighted by atomic mass is 32.2. The summed E-state index contributed by atoms with van der Waals surface area (Å²) in [6.07, 6.45) is -0.815. The zero-order chi connectivity index (χ0) is 21.3. The third kappa shape index (κ3) is 4.30. The summed E-state index contributed by atoms with van der Waals surface area (Å²) in [5.74, 6) is -1.01. The molecule has 0 spiro atoms. The molecule has 1 aliphatic rings. The number of nitrogens with zero attached hydrogens (tertiary/aromatic N) is 1. The number of benzene rings is 1. The fourth-order valence-electron chi connectivity index (χ4n) is 2.78. The number of rotatable bonds is 8. The van der Waals surface area contributed by atoms with E-state index in [1.54, 1.807) is 0 Å². The molecule has 0 atom stereocenters. The van der Waals surface area contributed by atoms with Crippen LogP contribution in [0.1, 0.15) is 13.8 Å². The van der Waals surface area contributed by atoms with Crippen molar-refractivity contribution < 1.29 is 35.8 Å². The first-order chi connectivity index (χ1) is 12.9. The Kier molecular flexibility index (Phi) is 6.40. The van der Waals surface area contributed by atoms with Gasteiger partial charge in [-0.25, -0.2) is 25.9 Å². The summed E-state index contributed by atoms with van der Waals surface area (Å²) in [7, 11) is -4.05. The highest BCUT2D eigenvalue weighted by Gasteiger charge is 2.50. The van der Waals surface area contributed by atoms with Gasteiger partial charge >= 0.3 is 0 Å². The van der Waals surface area contributed by atoms with Crippen molar-refractivity contribution in [2.24, 2.45) is 5.41 Å². The number of hydrogen-bond acceptors (Lipinski definition) is 8. The Labute approximate surface area is 164 Å². The van der Waals surface area contributed by atoms with Crippen molar-refractivity contribution in [2.75, 3.05) is 37.9 Å². The predicted molar refractivity (Wildman–Crippen MR) is 101 cm³/mol. The SMILES string of the molecule is COc1ccc(N2C(=O)C(C)(C)CS2(=O)=O)cc1S(=O)(=O)NCC(OC)OC. The van der Waals surface area contributed by atoms with E-state index in [9.17, 15) is 21.6 Å². The van der Waals surface area contributed by atoms with Gasteiger partial charge in [0, 0.05) is 14.2 Å². The molecule has 0 saturated carbocycles. The molecule has 10 nitrogen and oxygen atoms in total. The number of sulfonamides is 2. The molecule has 1 N–H and O–H groups in total. The second-order valence-electron chi connectivity index (χ2n) is 6.80. The minimum absolute atomic E-state index is 0.00839. The van der Waals surface area contributed by atoms with Gasteiger partial charge in [0.1, 0.15) is 10.6 Å². The van der Waals surface area contributed by atoms with Crippen LogP contribution >= 0.6 is 0 Å². The number of carbonyl (C=O) groups is 1. The third-order valence-electron chi connectivity index (χ3n) is 4.22. The van der Waals surface area contributed by atoms with Crippen LogP contribution in [0.2, 0.25) is 0 Å². The summed E-state index contributed by atoms with van der Waals surface area (Å²) in [5.41, 5.74) is -1.19. The van der Waals surface area contributed by atoms with E-state index < -0.39 is 37.7 Å². The predicted octanol–water partition coefficient (Wildman–Crippen LogP) is 0.295. The quantitative estimate of drug-likeness (QED) is 0.576. The molecule has 1 aliphatic heterocycles. The number of nitrogens with one attached hydrogen (secondary N) is 1. The highest BCUT2D eigenvalue weighted by Crippen LogP contribution is 2.38. The lowest BCUT2D eigenvalue weighted by molar-refractivity contribution is -0.123. The molecule has 1 amide bonds. The summed E-state index contributed by atoms with van der Waals surface area (Å²) in [6.45, 7) is 2.85. The number of carbonyl (C=O) groups excluding carboxylic acids is 1. The maximum atomic E-state index is 12.7. The van der Waals surface area contributed by atoms with Gasteiger partial charge in [0.2, 0.25) is 26.0 Å². The van der Waals surface area contributed by atoms with Crippen LogP contribution in [0.5, 0.6) is 5.75 Å². The first kappa shape index (κ1) is 22.6. The molecule has 28 heavy (non-hydrogen) atoms. The van der Waals surface area contributed by atoms with Gasteiger partial charge in [-0.05, 0) is 32.0 Å². The average Bonchev–Trinajstić information content (AvgIpc) is 2.78. The van der Waals surface area contributed by atoms with E-state index in [0.717, 1.165) is 6.07 Å². The normalized spacial score (nSPS) is 18.6. The molecule has 158 valence electrons. The van der Waals surface area contributed by atoms with Gasteiger partial charge in [-0.1, -0.05) is 0 Å². The molecule has 0 radical (unpaired) electrons. The van der Waals surface area contributed by atoms with Crippen molar-refractivity contribution in [2.45, 2.75) is 25.0 Å². The minimum Gasteiger partial charge on any atom is -0.495 e. The number of hydrogen-bond donors (Lipinski definition) is 1. The second-order valence-corrected chi connectivity index (χ2v) is 10.4. The van der Waals surface area contributed by atoms with E-state index in [-0.39, 0.29) is 28.6 Å². The van der Waals surface area contributed by atoms with Gasteiger partial charge in [0.05, 0.1) is 30.5 Å². The van der Waals surface area contributed by atoms with Crippen molar-refractivity contribution in [3.8, 4) is 5.75 Å². The van der Waals surface area contributed by atoms with E-state index in [1.807, 2.05) is 0 Å². The zero-order valence-corrected chi connectivity index (χ0v) is 17.9. The van der Waals surface area contributed by atoms with Gasteiger partial charge < -0.3 is 14.2 Å². The summed E-state index contributed by atoms with van der Waals surface area (Å²) in [5, 5.41) is 0. The molecule has 0 aliphatic carbocycles. The monoisotopic (exact) mass is 436 g/mol. The Bertz CT molecular complexity index is 953. The molecule has 1 fully saturated rings. The molecule has 0 bridgehead atoms. The van der Waals surface area contributed by atoms with Crippen molar-refractivity contribution in [3.63, 3.8) is 0 Å². The maximum Gasteiger partial charge on any atom is 0.247 e. The average molecular weight is 437 g/mol. The van der Waals surface area contributed by atoms with Crippen molar-refractivity contribution in [1.82, 2.24) is 4.72 Å². The van der Waals surface area contributed by atoms with Crippen LogP contribution < -0.4 is 13.8 Å². The van der Waals surface area contributed by atoms with E-state index in [4.69, 9.17) is 14.2 Å². The number of methoxy groups -OCH3 is 3. The molecule has 2 rings (SSSR count). The lowest BCUT2D eigenvalue weighted by Crippen LogP contribution is -2.35. The number of amides is 1. The van der Waals surface area contributed by atoms with Crippen LogP contribution in [0.3, 0.4) is 0 Å². The van der Waals surface area contributed by atoms with Gasteiger partial charge in [0.25, 0.3) is 0 Å². The molecule has 12 heteroatoms. The highest BCUT2D eigenvalue weighted by molar-refractivity contribution is 7.94. The van der Waals surface area contributed by atoms with Crippen molar-refractivity contribution in [1.29, 1.82) is 0 Å². The molecule has 0 unspecified atom stereocenters. The summed E-state index contributed by atoms with van der Waals surface area (Å²) < 4.78 is 68.3. The van der Waals surface area contributed by atoms with Crippen LogP contribution in [0.15, 0.2) is 23.1 Å². The smallest absolute Gasteiger partial charge is 0.247 e. The molecule has 0 aromatic heterocycles. The number of ether oxygens (including phenoxy) is 3. The lowest BCUT2D eigenvalue weighted by Gasteiger charge is -2.20. The van der Waals surface area contributed by atoms with Crippen molar-refractivity contribution in [3.05, 3.63) is 18.2 Å². The second kappa shape index (κ2) is 7.95. The number of anilines is 1. The Morgan fingerprint density at radius 3 is 2.29 bits per heavy atom. The first-order valence-electron chi connectivity index (χ1n) is 8.20. The van der Waals surface area contributed by atoms with Gasteiger partial charge in [0.15, 0.2) is 6.29 Å². The van der Waals surface area contributed by atoms with E-state index >= 15 is 0 Å². The fourth-order valence-corrected chi connectivity index (χ4v) is 6.08. The maximum absolute atomic E-state index is 12.7. The van der Waals surface area contributed by atoms with E-state index in [1.165, 1.54) is 47.3 Å². The Balaban J connectivity index is 2.49. The summed E-state index contributed by atoms with van der Waals surface area (Å²) in [6, 6.07) is 3.70. The molecule has 1 heterocycles. The first-order valence-corrected chi connectivity index (χ1v) is 11.3. The Hall–Kier alpha value is -1.73. The van der Waals surface area contributed by atoms with Gasteiger partial charge in [-0.15, -0.1) is 0 Å². The fraction of sp³-hybridized carbons (Fsp3) is 0.562. The van der Waals surface area contributed by atoms with E-state index in [2.05, 4.69) is 4.72 Å². The lowest BCUT2D eigenvalue weighted by atomic mass is 9.95. The molecule has 1 aromatic carbocycles. The van der Waals surface area contributed by atoms with Gasteiger partial charge in [-0.2, -0.15) is 0 Å². The molecule has 1 aromatic rings. The zero-order valence-electron chi connectivity index (χ0n) is 16.3. The topological polar surface area (TPSA) is 128 Å². The third-order valence-corrected chi connectivity index (χ3v) is 7.69. The van der Waals surface area contributed by atoms with Crippen LogP contribution in [-0.4, -0.2) is 62.7 Å².